The Hall–Kier alpha value is -1.72. The van der Waals surface area contributed by atoms with Crippen molar-refractivity contribution < 1.29 is 18.0 Å². The largest absolute Gasteiger partial charge is 0.418 e. The van der Waals surface area contributed by atoms with Crippen molar-refractivity contribution in [3.63, 3.8) is 0 Å². The number of hydrogen-bond acceptors (Lipinski definition) is 2. The highest BCUT2D eigenvalue weighted by molar-refractivity contribution is 5.93. The van der Waals surface area contributed by atoms with Crippen molar-refractivity contribution in [3.05, 3.63) is 23.8 Å². The topological polar surface area (TPSA) is 55.1 Å². The first-order valence-electron chi connectivity index (χ1n) is 6.03. The monoisotopic (exact) mass is 274 g/mol. The van der Waals surface area contributed by atoms with Crippen LogP contribution in [0.25, 0.3) is 0 Å². The molecule has 1 atom stereocenters. The number of nitrogens with two attached hydrogens (primary N) is 1. The fourth-order valence-corrected chi connectivity index (χ4v) is 1.73. The van der Waals surface area contributed by atoms with Gasteiger partial charge >= 0.3 is 6.18 Å². The molecule has 0 bridgehead atoms. The summed E-state index contributed by atoms with van der Waals surface area (Å²) in [5.74, 6) is -0.749. The number of nitrogen functional groups attached to an aromatic ring is 1. The van der Waals surface area contributed by atoms with Crippen LogP contribution >= 0.6 is 0 Å². The molecule has 3 N–H and O–H groups in total. The van der Waals surface area contributed by atoms with Crippen LogP contribution in [-0.2, 0) is 11.0 Å². The van der Waals surface area contributed by atoms with E-state index in [1.165, 1.54) is 12.1 Å². The summed E-state index contributed by atoms with van der Waals surface area (Å²) in [6, 6.07) is 3.32. The van der Waals surface area contributed by atoms with Gasteiger partial charge in [0.2, 0.25) is 5.91 Å². The van der Waals surface area contributed by atoms with Crippen molar-refractivity contribution in [3.8, 4) is 0 Å². The summed E-state index contributed by atoms with van der Waals surface area (Å²) >= 11 is 0. The van der Waals surface area contributed by atoms with Gasteiger partial charge < -0.3 is 11.1 Å². The second-order valence-corrected chi connectivity index (χ2v) is 4.48. The fraction of sp³-hybridized carbons (Fsp3) is 0.462. The third kappa shape index (κ3) is 4.15. The summed E-state index contributed by atoms with van der Waals surface area (Å²) in [7, 11) is 0. The van der Waals surface area contributed by atoms with Crippen LogP contribution in [0.2, 0.25) is 0 Å². The van der Waals surface area contributed by atoms with Crippen molar-refractivity contribution in [2.24, 2.45) is 5.92 Å². The van der Waals surface area contributed by atoms with Crippen molar-refractivity contribution in [1.29, 1.82) is 0 Å². The van der Waals surface area contributed by atoms with Gasteiger partial charge in [-0.2, -0.15) is 13.2 Å². The maximum atomic E-state index is 12.8. The van der Waals surface area contributed by atoms with Crippen molar-refractivity contribution >= 4 is 17.3 Å². The standard InChI is InChI=1S/C13H17F3N2O/c1-3-4-8(2)12(19)18-11-6-5-9(17)7-10(11)13(14,15)16/h5-8H,3-4,17H2,1-2H3,(H,18,19). The fourth-order valence-electron chi connectivity index (χ4n) is 1.73. The molecule has 0 heterocycles. The summed E-state index contributed by atoms with van der Waals surface area (Å²) < 4.78 is 38.5. The number of halogens is 3. The summed E-state index contributed by atoms with van der Waals surface area (Å²) in [6.07, 6.45) is -3.13. The molecule has 1 unspecified atom stereocenters. The van der Waals surface area contributed by atoms with Gasteiger partial charge in [0.25, 0.3) is 0 Å². The van der Waals surface area contributed by atoms with Crippen LogP contribution in [0.3, 0.4) is 0 Å². The smallest absolute Gasteiger partial charge is 0.399 e. The summed E-state index contributed by atoms with van der Waals surface area (Å²) in [5.41, 5.74) is 4.17. The number of benzene rings is 1. The number of rotatable bonds is 4. The summed E-state index contributed by atoms with van der Waals surface area (Å²) in [6.45, 7) is 3.59. The van der Waals surface area contributed by atoms with Crippen LogP contribution in [-0.4, -0.2) is 5.91 Å². The second-order valence-electron chi connectivity index (χ2n) is 4.48. The molecule has 0 aliphatic rings. The van der Waals surface area contributed by atoms with Crippen LogP contribution < -0.4 is 11.1 Å². The third-order valence-electron chi connectivity index (χ3n) is 2.78. The lowest BCUT2D eigenvalue weighted by molar-refractivity contribution is -0.137. The zero-order chi connectivity index (χ0) is 14.6. The van der Waals surface area contributed by atoms with Crippen LogP contribution in [0, 0.1) is 5.92 Å². The zero-order valence-corrected chi connectivity index (χ0v) is 10.8. The summed E-state index contributed by atoms with van der Waals surface area (Å²) in [4.78, 5) is 11.8. The Morgan fingerprint density at radius 3 is 2.58 bits per heavy atom. The quantitative estimate of drug-likeness (QED) is 0.823. The van der Waals surface area contributed by atoms with Crippen LogP contribution in [0.4, 0.5) is 24.5 Å². The molecule has 6 heteroatoms. The average molecular weight is 274 g/mol. The van der Waals surface area contributed by atoms with Crippen LogP contribution in [0.5, 0.6) is 0 Å². The highest BCUT2D eigenvalue weighted by atomic mass is 19.4. The van der Waals surface area contributed by atoms with Gasteiger partial charge in [0, 0.05) is 11.6 Å². The third-order valence-corrected chi connectivity index (χ3v) is 2.78. The molecule has 0 aromatic heterocycles. The zero-order valence-electron chi connectivity index (χ0n) is 10.8. The highest BCUT2D eigenvalue weighted by Gasteiger charge is 2.34. The molecule has 0 saturated carbocycles. The molecule has 1 rings (SSSR count). The Kier molecular flexibility index (Phi) is 4.80. The molecular formula is C13H17F3N2O. The molecule has 0 fully saturated rings. The Balaban J connectivity index is 2.98. The van der Waals surface area contributed by atoms with E-state index in [4.69, 9.17) is 5.73 Å². The minimum atomic E-state index is -4.55. The number of amides is 1. The first kappa shape index (κ1) is 15.3. The lowest BCUT2D eigenvalue weighted by Gasteiger charge is -2.16. The van der Waals surface area contributed by atoms with Crippen LogP contribution in [0.15, 0.2) is 18.2 Å². The van der Waals surface area contributed by atoms with E-state index in [1.54, 1.807) is 6.92 Å². The molecule has 106 valence electrons. The van der Waals surface area contributed by atoms with E-state index in [0.717, 1.165) is 12.5 Å². The first-order chi connectivity index (χ1) is 8.75. The van der Waals surface area contributed by atoms with Gasteiger partial charge in [0.05, 0.1) is 11.3 Å². The maximum Gasteiger partial charge on any atom is 0.418 e. The van der Waals surface area contributed by atoms with Crippen molar-refractivity contribution in [1.82, 2.24) is 0 Å². The van der Waals surface area contributed by atoms with Crippen molar-refractivity contribution in [2.45, 2.75) is 32.9 Å². The highest BCUT2D eigenvalue weighted by Crippen LogP contribution is 2.36. The van der Waals surface area contributed by atoms with Gasteiger partial charge in [-0.3, -0.25) is 4.79 Å². The van der Waals surface area contributed by atoms with E-state index in [0.29, 0.717) is 6.42 Å². The molecule has 1 amide bonds. The van der Waals surface area contributed by atoms with Crippen molar-refractivity contribution in [2.75, 3.05) is 11.1 Å². The van der Waals surface area contributed by atoms with E-state index in [-0.39, 0.29) is 17.3 Å². The van der Waals surface area contributed by atoms with E-state index < -0.39 is 17.6 Å². The van der Waals surface area contributed by atoms with E-state index in [2.05, 4.69) is 5.32 Å². The Bertz CT molecular complexity index is 458. The predicted octanol–water partition coefficient (Wildman–Crippen LogP) is 3.66. The second kappa shape index (κ2) is 5.95. The van der Waals surface area contributed by atoms with Gasteiger partial charge in [0.15, 0.2) is 0 Å². The van der Waals surface area contributed by atoms with Gasteiger partial charge in [-0.1, -0.05) is 20.3 Å². The van der Waals surface area contributed by atoms with Gasteiger partial charge in [-0.05, 0) is 24.6 Å². The minimum absolute atomic E-state index is 0.00642. The molecule has 19 heavy (non-hydrogen) atoms. The molecular weight excluding hydrogens is 257 g/mol. The molecule has 1 aromatic rings. The molecule has 0 saturated heterocycles. The lowest BCUT2D eigenvalue weighted by atomic mass is 10.0. The first-order valence-corrected chi connectivity index (χ1v) is 6.03. The summed E-state index contributed by atoms with van der Waals surface area (Å²) in [5, 5.41) is 2.31. The van der Waals surface area contributed by atoms with Gasteiger partial charge in [-0.15, -0.1) is 0 Å². The number of carbonyl (C=O) groups excluding carboxylic acids is 1. The molecule has 1 aromatic carbocycles. The minimum Gasteiger partial charge on any atom is -0.399 e. The van der Waals surface area contributed by atoms with E-state index >= 15 is 0 Å². The van der Waals surface area contributed by atoms with Crippen LogP contribution in [0.1, 0.15) is 32.3 Å². The normalized spacial score (nSPS) is 13.1. The Morgan fingerprint density at radius 2 is 2.05 bits per heavy atom. The maximum absolute atomic E-state index is 12.8. The molecule has 0 aliphatic heterocycles. The number of anilines is 2. The van der Waals surface area contributed by atoms with Gasteiger partial charge in [-0.25, -0.2) is 0 Å². The number of carbonyl (C=O) groups is 1. The average Bonchev–Trinajstić information content (AvgIpc) is 2.30. The molecule has 0 aliphatic carbocycles. The Morgan fingerprint density at radius 1 is 1.42 bits per heavy atom. The lowest BCUT2D eigenvalue weighted by Crippen LogP contribution is -2.22. The SMILES string of the molecule is CCCC(C)C(=O)Nc1ccc(N)cc1C(F)(F)F. The predicted molar refractivity (Wildman–Crippen MR) is 68.6 cm³/mol. The Labute approximate surface area is 110 Å². The number of nitrogens with one attached hydrogen (secondary N) is 1. The van der Waals surface area contributed by atoms with Gasteiger partial charge in [0.1, 0.15) is 0 Å². The molecule has 0 spiro atoms. The number of alkyl halides is 3. The number of hydrogen-bond donors (Lipinski definition) is 2. The molecule has 0 radical (unpaired) electrons. The molecule has 3 nitrogen and oxygen atoms in total. The van der Waals surface area contributed by atoms with E-state index in [1.807, 2.05) is 6.92 Å². The van der Waals surface area contributed by atoms with E-state index in [9.17, 15) is 18.0 Å².